The molecule has 1 aromatic rings. The fourth-order valence-electron chi connectivity index (χ4n) is 2.08. The van der Waals surface area contributed by atoms with Crippen molar-refractivity contribution in [3.05, 3.63) is 16.6 Å². The van der Waals surface area contributed by atoms with Gasteiger partial charge in [-0.15, -0.1) is 0 Å². The molecule has 0 amide bonds. The Morgan fingerprint density at radius 2 is 2.58 bits per heavy atom. The van der Waals surface area contributed by atoms with Crippen molar-refractivity contribution in [3.63, 3.8) is 0 Å². The van der Waals surface area contributed by atoms with E-state index < -0.39 is 18.2 Å². The number of aromatic nitrogens is 2. The van der Waals surface area contributed by atoms with Gasteiger partial charge in [-0.3, -0.25) is 0 Å². The number of carboxylic acid groups (broad SMARTS) is 1. The van der Waals surface area contributed by atoms with Crippen molar-refractivity contribution in [2.75, 3.05) is 32.9 Å². The fourth-order valence-corrected chi connectivity index (χ4v) is 2.55. The zero-order valence-corrected chi connectivity index (χ0v) is 12.1. The molecule has 0 spiro atoms. The molecule has 0 radical (unpaired) electrons. The zero-order valence-electron chi connectivity index (χ0n) is 10.6. The first-order chi connectivity index (χ1) is 9.03. The van der Waals surface area contributed by atoms with Crippen LogP contribution in [0.25, 0.3) is 0 Å². The Labute approximate surface area is 119 Å². The van der Waals surface area contributed by atoms with Crippen LogP contribution in [-0.2, 0) is 26.9 Å². The van der Waals surface area contributed by atoms with E-state index in [2.05, 4.69) is 26.2 Å². The first-order valence-corrected chi connectivity index (χ1v) is 6.66. The van der Waals surface area contributed by atoms with Crippen molar-refractivity contribution >= 4 is 21.9 Å². The summed E-state index contributed by atoms with van der Waals surface area (Å²) in [6.07, 6.45) is 1.80. The van der Waals surface area contributed by atoms with Gasteiger partial charge in [0.25, 0.3) is 0 Å². The Balaban J connectivity index is 2.31. The summed E-state index contributed by atoms with van der Waals surface area (Å²) in [4.78, 5) is 15.1. The van der Waals surface area contributed by atoms with Crippen molar-refractivity contribution < 1.29 is 19.4 Å². The van der Waals surface area contributed by atoms with Crippen LogP contribution < -0.4 is 5.32 Å². The van der Waals surface area contributed by atoms with Gasteiger partial charge >= 0.3 is 5.97 Å². The average molecular weight is 334 g/mol. The van der Waals surface area contributed by atoms with E-state index in [4.69, 9.17) is 14.6 Å². The lowest BCUT2D eigenvalue weighted by Crippen LogP contribution is -2.45. The summed E-state index contributed by atoms with van der Waals surface area (Å²) in [5.41, 5.74) is -0.893. The van der Waals surface area contributed by atoms with Crippen LogP contribution >= 0.6 is 15.9 Å². The van der Waals surface area contributed by atoms with Crippen molar-refractivity contribution in [2.24, 2.45) is 7.05 Å². The predicted octanol–water partition coefficient (Wildman–Crippen LogP) is 0.0989. The van der Waals surface area contributed by atoms with Crippen molar-refractivity contribution in [1.29, 1.82) is 0 Å². The Kier molecular flexibility index (Phi) is 4.56. The number of nitrogens with zero attached hydrogens (tertiary/aromatic N) is 2. The molecule has 1 fully saturated rings. The van der Waals surface area contributed by atoms with Gasteiger partial charge in [-0.2, -0.15) is 0 Å². The molecule has 1 aromatic heterocycles. The number of nitrogens with one attached hydrogen (secondary N) is 1. The molecule has 2 rings (SSSR count). The van der Waals surface area contributed by atoms with Crippen LogP contribution in [0.15, 0.2) is 10.8 Å². The van der Waals surface area contributed by atoms with Gasteiger partial charge in [0.1, 0.15) is 17.0 Å². The third kappa shape index (κ3) is 3.33. The van der Waals surface area contributed by atoms with E-state index in [-0.39, 0.29) is 6.61 Å². The Morgan fingerprint density at radius 3 is 3.21 bits per heavy atom. The monoisotopic (exact) mass is 333 g/mol. The molecule has 0 saturated carbocycles. The first kappa shape index (κ1) is 14.4. The number of ether oxygens (including phenoxy) is 2. The topological polar surface area (TPSA) is 85.6 Å². The van der Waals surface area contributed by atoms with Gasteiger partial charge in [0, 0.05) is 26.3 Å². The van der Waals surface area contributed by atoms with Gasteiger partial charge < -0.3 is 24.5 Å². The van der Waals surface area contributed by atoms with Crippen LogP contribution in [0.4, 0.5) is 0 Å². The van der Waals surface area contributed by atoms with Crippen LogP contribution in [0.5, 0.6) is 0 Å². The van der Waals surface area contributed by atoms with Crippen LogP contribution in [0.1, 0.15) is 5.82 Å². The highest BCUT2D eigenvalue weighted by Crippen LogP contribution is 2.27. The summed E-state index contributed by atoms with van der Waals surface area (Å²) >= 11 is 3.31. The van der Waals surface area contributed by atoms with E-state index in [9.17, 15) is 4.79 Å². The van der Waals surface area contributed by atoms with Crippen molar-refractivity contribution in [1.82, 2.24) is 14.9 Å². The minimum Gasteiger partial charge on any atom is -0.480 e. The Bertz CT molecular complexity index is 455. The van der Waals surface area contributed by atoms with E-state index in [0.717, 1.165) is 0 Å². The van der Waals surface area contributed by atoms with Crippen molar-refractivity contribution in [2.45, 2.75) is 5.60 Å². The second-order valence-electron chi connectivity index (χ2n) is 4.40. The molecule has 2 heterocycles. The molecule has 7 nitrogen and oxygen atoms in total. The summed E-state index contributed by atoms with van der Waals surface area (Å²) in [5.74, 6) is -0.382. The highest BCUT2D eigenvalue weighted by atomic mass is 79.9. The molecule has 8 heteroatoms. The number of imidazole rings is 1. The summed E-state index contributed by atoms with van der Waals surface area (Å²) in [6.45, 7) is 1.59. The third-order valence-electron chi connectivity index (χ3n) is 2.90. The lowest BCUT2D eigenvalue weighted by atomic mass is 10.0. The lowest BCUT2D eigenvalue weighted by Gasteiger charge is -2.30. The fraction of sp³-hybridized carbons (Fsp3) is 0.636. The van der Waals surface area contributed by atoms with Gasteiger partial charge in [0.05, 0.1) is 13.2 Å². The summed E-state index contributed by atoms with van der Waals surface area (Å²) in [7, 11) is 1.84. The van der Waals surface area contributed by atoms with Gasteiger partial charge in [0.15, 0.2) is 5.60 Å². The molecule has 1 unspecified atom stereocenters. The minimum absolute atomic E-state index is 0.268. The van der Waals surface area contributed by atoms with E-state index >= 15 is 0 Å². The number of hydrogen-bond acceptors (Lipinski definition) is 5. The number of halogens is 1. The maximum absolute atomic E-state index is 10.8. The maximum atomic E-state index is 10.8. The Hall–Kier alpha value is -0.960. The molecule has 0 aromatic carbocycles. The molecule has 1 aliphatic heterocycles. The second kappa shape index (κ2) is 6.00. The normalized spacial score (nSPS) is 24.1. The molecular formula is C11H16BrN3O4. The van der Waals surface area contributed by atoms with Crippen LogP contribution in [-0.4, -0.2) is 53.5 Å². The SMILES string of the molecule is Cn1cc(Br)nc1C1(OCC(=O)O)CNCCOC1. The van der Waals surface area contributed by atoms with Gasteiger partial charge in [0.2, 0.25) is 0 Å². The van der Waals surface area contributed by atoms with Crippen LogP contribution in [0.3, 0.4) is 0 Å². The standard InChI is InChI=1S/C11H16BrN3O4/c1-15-4-8(12)14-10(15)11(19-5-9(16)17)6-13-2-3-18-7-11/h4,13H,2-3,5-7H2,1H3,(H,16,17). The van der Waals surface area contributed by atoms with E-state index in [0.29, 0.717) is 30.1 Å². The molecule has 19 heavy (non-hydrogen) atoms. The van der Waals surface area contributed by atoms with Crippen LogP contribution in [0, 0.1) is 0 Å². The van der Waals surface area contributed by atoms with E-state index in [1.807, 2.05) is 11.6 Å². The highest BCUT2D eigenvalue weighted by Gasteiger charge is 2.39. The number of carbonyl (C=O) groups is 1. The molecule has 1 saturated heterocycles. The number of aryl methyl sites for hydroxylation is 1. The third-order valence-corrected chi connectivity index (χ3v) is 3.28. The highest BCUT2D eigenvalue weighted by molar-refractivity contribution is 9.10. The van der Waals surface area contributed by atoms with Gasteiger partial charge in [-0.05, 0) is 15.9 Å². The molecule has 2 N–H and O–H groups in total. The second-order valence-corrected chi connectivity index (χ2v) is 5.22. The predicted molar refractivity (Wildman–Crippen MR) is 69.9 cm³/mol. The summed E-state index contributed by atoms with van der Waals surface area (Å²) < 4.78 is 13.6. The molecule has 0 aliphatic carbocycles. The van der Waals surface area contributed by atoms with Gasteiger partial charge in [-0.25, -0.2) is 9.78 Å². The van der Waals surface area contributed by atoms with E-state index in [1.165, 1.54) is 0 Å². The molecular weight excluding hydrogens is 318 g/mol. The Morgan fingerprint density at radius 1 is 1.79 bits per heavy atom. The quantitative estimate of drug-likeness (QED) is 0.812. The largest absolute Gasteiger partial charge is 0.480 e. The summed E-state index contributed by atoms with van der Waals surface area (Å²) in [5, 5.41) is 12.0. The van der Waals surface area contributed by atoms with Gasteiger partial charge in [-0.1, -0.05) is 0 Å². The first-order valence-electron chi connectivity index (χ1n) is 5.87. The number of rotatable bonds is 4. The minimum atomic E-state index is -1.02. The molecule has 106 valence electrons. The maximum Gasteiger partial charge on any atom is 0.329 e. The van der Waals surface area contributed by atoms with Crippen molar-refractivity contribution in [3.8, 4) is 0 Å². The molecule has 1 aliphatic rings. The number of carboxylic acids is 1. The zero-order chi connectivity index (χ0) is 13.9. The lowest BCUT2D eigenvalue weighted by molar-refractivity contribution is -0.155. The number of aliphatic carboxylic acids is 1. The summed E-state index contributed by atoms with van der Waals surface area (Å²) in [6, 6.07) is 0. The smallest absolute Gasteiger partial charge is 0.329 e. The number of hydrogen-bond donors (Lipinski definition) is 2. The molecule has 0 bridgehead atoms. The molecule has 1 atom stereocenters. The van der Waals surface area contributed by atoms with Crippen LogP contribution in [0.2, 0.25) is 0 Å². The van der Waals surface area contributed by atoms with E-state index in [1.54, 1.807) is 6.20 Å². The average Bonchev–Trinajstić information content (AvgIpc) is 2.58.